The molecular formula is C27H28N2O2S. The lowest BCUT2D eigenvalue weighted by Crippen LogP contribution is -2.28. The van der Waals surface area contributed by atoms with E-state index in [0.717, 1.165) is 16.7 Å². The Morgan fingerprint density at radius 3 is 2.47 bits per heavy atom. The molecule has 1 aliphatic heterocycles. The maximum Gasteiger partial charge on any atom is 0.251 e. The van der Waals surface area contributed by atoms with Gasteiger partial charge in [-0.1, -0.05) is 66.2 Å². The minimum absolute atomic E-state index is 0.0334. The molecule has 32 heavy (non-hydrogen) atoms. The van der Waals surface area contributed by atoms with Crippen molar-refractivity contribution in [3.05, 3.63) is 106 Å². The first-order valence-electron chi connectivity index (χ1n) is 10.9. The molecule has 0 bridgehead atoms. The number of rotatable bonds is 6. The SMILES string of the molecule is Cc1ccc([C@@H](C)NC(=O)c2ccc([C@H]3SCC(=O)N3Cc3ccccc3)cc2)c(C)c1. The Kier molecular flexibility index (Phi) is 6.66. The molecule has 0 aromatic heterocycles. The van der Waals surface area contributed by atoms with Gasteiger partial charge in [-0.15, -0.1) is 11.8 Å². The standard InChI is InChI=1S/C27H28N2O2S/c1-18-9-14-24(19(2)15-18)20(3)28-26(31)22-10-12-23(13-11-22)27-29(25(30)17-32-27)16-21-7-5-4-6-8-21/h4-15,20,27H,16-17H2,1-3H3,(H,28,31)/t20-,27-/m1/s1. The van der Waals surface area contributed by atoms with Crippen molar-refractivity contribution < 1.29 is 9.59 Å². The zero-order chi connectivity index (χ0) is 22.7. The highest BCUT2D eigenvalue weighted by Gasteiger charge is 2.32. The molecule has 0 aliphatic carbocycles. The Morgan fingerprint density at radius 1 is 1.06 bits per heavy atom. The van der Waals surface area contributed by atoms with Gasteiger partial charge in [-0.2, -0.15) is 0 Å². The van der Waals surface area contributed by atoms with Gasteiger partial charge in [-0.25, -0.2) is 0 Å². The number of nitrogens with one attached hydrogen (secondary N) is 1. The van der Waals surface area contributed by atoms with Crippen LogP contribution in [0.25, 0.3) is 0 Å². The van der Waals surface area contributed by atoms with E-state index in [9.17, 15) is 9.59 Å². The zero-order valence-electron chi connectivity index (χ0n) is 18.7. The second-order valence-corrected chi connectivity index (χ2v) is 9.42. The van der Waals surface area contributed by atoms with Crippen LogP contribution in [0.5, 0.6) is 0 Å². The molecule has 3 aromatic rings. The third-order valence-corrected chi connectivity index (χ3v) is 7.12. The average molecular weight is 445 g/mol. The smallest absolute Gasteiger partial charge is 0.251 e. The van der Waals surface area contributed by atoms with Crippen LogP contribution in [0.3, 0.4) is 0 Å². The minimum atomic E-state index is -0.0969. The number of carbonyl (C=O) groups excluding carboxylic acids is 2. The van der Waals surface area contributed by atoms with Crippen LogP contribution >= 0.6 is 11.8 Å². The maximum absolute atomic E-state index is 12.8. The molecule has 5 heteroatoms. The molecule has 0 unspecified atom stereocenters. The van der Waals surface area contributed by atoms with E-state index in [1.807, 2.05) is 66.4 Å². The summed E-state index contributed by atoms with van der Waals surface area (Å²) in [7, 11) is 0. The molecule has 2 amide bonds. The normalized spacial score (nSPS) is 16.8. The van der Waals surface area contributed by atoms with Gasteiger partial charge in [0.1, 0.15) is 5.37 Å². The second-order valence-electron chi connectivity index (χ2n) is 8.35. The highest BCUT2D eigenvalue weighted by molar-refractivity contribution is 8.00. The molecule has 1 aliphatic rings. The number of hydrogen-bond acceptors (Lipinski definition) is 3. The molecule has 4 nitrogen and oxygen atoms in total. The molecular weight excluding hydrogens is 416 g/mol. The molecule has 0 spiro atoms. The highest BCUT2D eigenvalue weighted by atomic mass is 32.2. The van der Waals surface area contributed by atoms with Crippen LogP contribution in [0.15, 0.2) is 72.8 Å². The number of amides is 2. The van der Waals surface area contributed by atoms with Crippen LogP contribution in [0.1, 0.15) is 56.5 Å². The second kappa shape index (κ2) is 9.61. The van der Waals surface area contributed by atoms with Crippen molar-refractivity contribution >= 4 is 23.6 Å². The van der Waals surface area contributed by atoms with E-state index < -0.39 is 0 Å². The van der Waals surface area contributed by atoms with E-state index in [1.54, 1.807) is 11.8 Å². The summed E-state index contributed by atoms with van der Waals surface area (Å²) in [6.45, 7) is 6.74. The summed E-state index contributed by atoms with van der Waals surface area (Å²) in [6, 6.07) is 23.9. The van der Waals surface area contributed by atoms with Gasteiger partial charge >= 0.3 is 0 Å². The zero-order valence-corrected chi connectivity index (χ0v) is 19.5. The summed E-state index contributed by atoms with van der Waals surface area (Å²) in [5, 5.41) is 3.07. The molecule has 164 valence electrons. The Morgan fingerprint density at radius 2 is 1.78 bits per heavy atom. The number of benzene rings is 3. The quantitative estimate of drug-likeness (QED) is 0.541. The predicted octanol–water partition coefficient (Wildman–Crippen LogP) is 5.57. The van der Waals surface area contributed by atoms with Crippen molar-refractivity contribution in [2.45, 2.75) is 38.7 Å². The van der Waals surface area contributed by atoms with E-state index in [0.29, 0.717) is 17.9 Å². The number of nitrogens with zero attached hydrogens (tertiary/aromatic N) is 1. The average Bonchev–Trinajstić information content (AvgIpc) is 3.14. The maximum atomic E-state index is 12.8. The predicted molar refractivity (Wildman–Crippen MR) is 130 cm³/mol. The number of aryl methyl sites for hydroxylation is 2. The summed E-state index contributed by atoms with van der Waals surface area (Å²) in [5.41, 5.74) is 6.28. The Bertz CT molecular complexity index is 1110. The van der Waals surface area contributed by atoms with E-state index in [1.165, 1.54) is 11.1 Å². The van der Waals surface area contributed by atoms with Crippen LogP contribution in [-0.4, -0.2) is 22.5 Å². The number of thioether (sulfide) groups is 1. The Hall–Kier alpha value is -3.05. The molecule has 3 aromatic carbocycles. The van der Waals surface area contributed by atoms with Crippen LogP contribution in [-0.2, 0) is 11.3 Å². The molecule has 4 rings (SSSR count). The summed E-state index contributed by atoms with van der Waals surface area (Å²) < 4.78 is 0. The monoisotopic (exact) mass is 444 g/mol. The van der Waals surface area contributed by atoms with Crippen molar-refractivity contribution in [2.75, 3.05) is 5.75 Å². The van der Waals surface area contributed by atoms with Crippen molar-refractivity contribution in [3.8, 4) is 0 Å². The largest absolute Gasteiger partial charge is 0.346 e. The minimum Gasteiger partial charge on any atom is -0.346 e. The first-order chi connectivity index (χ1) is 15.4. The van der Waals surface area contributed by atoms with Gasteiger partial charge in [-0.05, 0) is 55.2 Å². The summed E-state index contributed by atoms with van der Waals surface area (Å²) in [5.74, 6) is 0.529. The van der Waals surface area contributed by atoms with Crippen molar-refractivity contribution in [1.29, 1.82) is 0 Å². The van der Waals surface area contributed by atoms with Gasteiger partial charge in [0.05, 0.1) is 11.8 Å². The summed E-state index contributed by atoms with van der Waals surface area (Å²) in [6.07, 6.45) is 0. The highest BCUT2D eigenvalue weighted by Crippen LogP contribution is 2.39. The van der Waals surface area contributed by atoms with E-state index in [2.05, 4.69) is 37.4 Å². The van der Waals surface area contributed by atoms with Crippen LogP contribution in [0.4, 0.5) is 0 Å². The number of hydrogen-bond donors (Lipinski definition) is 1. The molecule has 0 radical (unpaired) electrons. The summed E-state index contributed by atoms with van der Waals surface area (Å²) in [4.78, 5) is 27.2. The van der Waals surface area contributed by atoms with Gasteiger partial charge in [0, 0.05) is 12.1 Å². The molecule has 1 fully saturated rings. The van der Waals surface area contributed by atoms with E-state index in [4.69, 9.17) is 0 Å². The fraction of sp³-hybridized carbons (Fsp3) is 0.259. The van der Waals surface area contributed by atoms with E-state index >= 15 is 0 Å². The van der Waals surface area contributed by atoms with E-state index in [-0.39, 0.29) is 23.2 Å². The molecule has 1 heterocycles. The molecule has 2 atom stereocenters. The first-order valence-corrected chi connectivity index (χ1v) is 11.9. The van der Waals surface area contributed by atoms with Gasteiger partial charge < -0.3 is 10.2 Å². The van der Waals surface area contributed by atoms with Crippen LogP contribution in [0.2, 0.25) is 0 Å². The number of carbonyl (C=O) groups is 2. The lowest BCUT2D eigenvalue weighted by molar-refractivity contribution is -0.128. The Balaban J connectivity index is 1.45. The molecule has 1 saturated heterocycles. The first kappa shape index (κ1) is 22.2. The lowest BCUT2D eigenvalue weighted by Gasteiger charge is -2.24. The van der Waals surface area contributed by atoms with Crippen LogP contribution < -0.4 is 5.32 Å². The van der Waals surface area contributed by atoms with Crippen molar-refractivity contribution in [3.63, 3.8) is 0 Å². The van der Waals surface area contributed by atoms with Gasteiger partial charge in [-0.3, -0.25) is 9.59 Å². The lowest BCUT2D eigenvalue weighted by atomic mass is 10.00. The Labute approximate surface area is 194 Å². The van der Waals surface area contributed by atoms with Crippen molar-refractivity contribution in [1.82, 2.24) is 10.2 Å². The molecule has 1 N–H and O–H groups in total. The van der Waals surface area contributed by atoms with Crippen molar-refractivity contribution in [2.24, 2.45) is 0 Å². The topological polar surface area (TPSA) is 49.4 Å². The fourth-order valence-electron chi connectivity index (χ4n) is 4.15. The summed E-state index contributed by atoms with van der Waals surface area (Å²) >= 11 is 1.63. The van der Waals surface area contributed by atoms with Gasteiger partial charge in [0.15, 0.2) is 0 Å². The third-order valence-electron chi connectivity index (χ3n) is 5.86. The van der Waals surface area contributed by atoms with Crippen LogP contribution in [0, 0.1) is 13.8 Å². The van der Waals surface area contributed by atoms with Gasteiger partial charge in [0.2, 0.25) is 5.91 Å². The molecule has 0 saturated carbocycles. The fourth-order valence-corrected chi connectivity index (χ4v) is 5.34. The van der Waals surface area contributed by atoms with Gasteiger partial charge in [0.25, 0.3) is 5.91 Å². The third kappa shape index (κ3) is 4.89.